The Morgan fingerprint density at radius 3 is 2.79 bits per heavy atom. The van der Waals surface area contributed by atoms with Crippen molar-refractivity contribution in [3.63, 3.8) is 0 Å². The number of thioether (sulfide) groups is 1. The summed E-state index contributed by atoms with van der Waals surface area (Å²) in [5.41, 5.74) is 2.64. The van der Waals surface area contributed by atoms with Crippen molar-refractivity contribution in [1.82, 2.24) is 10.6 Å². The zero-order chi connectivity index (χ0) is 17.2. The maximum absolute atomic E-state index is 4.38. The lowest BCUT2D eigenvalue weighted by Crippen LogP contribution is -2.51. The number of benzene rings is 1. The van der Waals surface area contributed by atoms with Gasteiger partial charge in [0.1, 0.15) is 0 Å². The average molecular weight is 349 g/mol. The Labute approximate surface area is 151 Å². The average Bonchev–Trinajstić information content (AvgIpc) is 2.61. The molecule has 24 heavy (non-hydrogen) atoms. The van der Waals surface area contributed by atoms with Gasteiger partial charge in [-0.1, -0.05) is 17.7 Å². The molecule has 134 valence electrons. The Morgan fingerprint density at radius 1 is 1.29 bits per heavy atom. The molecule has 0 bridgehead atoms. The zero-order valence-corrected chi connectivity index (χ0v) is 16.2. The lowest BCUT2D eigenvalue weighted by atomic mass is 10.0. The van der Waals surface area contributed by atoms with Crippen LogP contribution < -0.4 is 15.5 Å². The van der Waals surface area contributed by atoms with E-state index in [1.165, 1.54) is 42.7 Å². The first-order valence-corrected chi connectivity index (χ1v) is 10.4. The molecule has 4 nitrogen and oxygen atoms in total. The van der Waals surface area contributed by atoms with Gasteiger partial charge in [-0.05, 0) is 56.7 Å². The van der Waals surface area contributed by atoms with Crippen molar-refractivity contribution in [3.8, 4) is 0 Å². The molecule has 0 aromatic heterocycles. The van der Waals surface area contributed by atoms with Crippen molar-refractivity contribution in [2.45, 2.75) is 38.6 Å². The monoisotopic (exact) mass is 348 g/mol. The number of nitrogens with one attached hydrogen (secondary N) is 2. The number of hydrogen-bond donors (Lipinski definition) is 2. The van der Waals surface area contributed by atoms with Crippen molar-refractivity contribution in [3.05, 3.63) is 29.8 Å². The van der Waals surface area contributed by atoms with Gasteiger partial charge >= 0.3 is 0 Å². The summed E-state index contributed by atoms with van der Waals surface area (Å²) in [4.78, 5) is 6.86. The third kappa shape index (κ3) is 6.27. The molecule has 1 fully saturated rings. The molecular weight excluding hydrogens is 316 g/mol. The molecular formula is C19H32N4S. The van der Waals surface area contributed by atoms with Gasteiger partial charge in [0.2, 0.25) is 0 Å². The lowest BCUT2D eigenvalue weighted by molar-refractivity contribution is 0.468. The van der Waals surface area contributed by atoms with Crippen molar-refractivity contribution in [2.75, 3.05) is 43.6 Å². The van der Waals surface area contributed by atoms with Crippen molar-refractivity contribution >= 4 is 23.4 Å². The highest BCUT2D eigenvalue weighted by Gasteiger charge is 2.20. The predicted octanol–water partition coefficient (Wildman–Crippen LogP) is 3.27. The summed E-state index contributed by atoms with van der Waals surface area (Å²) in [5.74, 6) is 2.18. The van der Waals surface area contributed by atoms with Gasteiger partial charge in [0.05, 0.1) is 0 Å². The molecule has 1 saturated heterocycles. The number of guanidine groups is 1. The normalized spacial score (nSPS) is 18.5. The van der Waals surface area contributed by atoms with Gasteiger partial charge in [-0.15, -0.1) is 0 Å². The Hall–Kier alpha value is -1.36. The topological polar surface area (TPSA) is 39.7 Å². The fourth-order valence-electron chi connectivity index (χ4n) is 3.05. The van der Waals surface area contributed by atoms with E-state index in [0.29, 0.717) is 6.04 Å². The molecule has 1 aliphatic heterocycles. The number of nitrogens with zero attached hydrogens (tertiary/aromatic N) is 2. The summed E-state index contributed by atoms with van der Waals surface area (Å²) in [6.45, 7) is 5.31. The minimum Gasteiger partial charge on any atom is -0.369 e. The van der Waals surface area contributed by atoms with Gasteiger partial charge in [0, 0.05) is 38.4 Å². The standard InChI is InChI=1S/C19H32N4S/c1-16-8-10-18(11-9-16)23-13-6-7-17(15-23)22-19(20-2)21-12-4-5-14-24-3/h8-11,17H,4-7,12-15H2,1-3H3,(H2,20,21,22). The summed E-state index contributed by atoms with van der Waals surface area (Å²) in [5, 5.41) is 7.05. The summed E-state index contributed by atoms with van der Waals surface area (Å²) in [6, 6.07) is 9.31. The Kier molecular flexibility index (Phi) is 8.29. The van der Waals surface area contributed by atoms with Gasteiger partial charge < -0.3 is 15.5 Å². The van der Waals surface area contributed by atoms with Crippen LogP contribution in [0.15, 0.2) is 29.3 Å². The van der Waals surface area contributed by atoms with Crippen LogP contribution in [0.25, 0.3) is 0 Å². The highest BCUT2D eigenvalue weighted by molar-refractivity contribution is 7.98. The molecule has 0 aliphatic carbocycles. The van der Waals surface area contributed by atoms with Crippen LogP contribution in [-0.2, 0) is 0 Å². The number of hydrogen-bond acceptors (Lipinski definition) is 3. The van der Waals surface area contributed by atoms with E-state index < -0.39 is 0 Å². The molecule has 1 aromatic rings. The first-order valence-electron chi connectivity index (χ1n) is 9.00. The second kappa shape index (κ2) is 10.5. The highest BCUT2D eigenvalue weighted by atomic mass is 32.2. The molecule has 0 spiro atoms. The van der Waals surface area contributed by atoms with Crippen molar-refractivity contribution in [1.29, 1.82) is 0 Å². The SMILES string of the molecule is CN=C(NCCCCSC)NC1CCCN(c2ccc(C)cc2)C1. The molecule has 0 radical (unpaired) electrons. The minimum atomic E-state index is 0.456. The fraction of sp³-hybridized carbons (Fsp3) is 0.632. The van der Waals surface area contributed by atoms with E-state index in [1.807, 2.05) is 18.8 Å². The molecule has 1 aliphatic rings. The van der Waals surface area contributed by atoms with E-state index in [2.05, 4.69) is 58.0 Å². The van der Waals surface area contributed by atoms with Gasteiger partial charge in [0.25, 0.3) is 0 Å². The van der Waals surface area contributed by atoms with Crippen LogP contribution in [0.1, 0.15) is 31.2 Å². The molecule has 1 heterocycles. The predicted molar refractivity (Wildman–Crippen MR) is 109 cm³/mol. The van der Waals surface area contributed by atoms with Crippen LogP contribution >= 0.6 is 11.8 Å². The lowest BCUT2D eigenvalue weighted by Gasteiger charge is -2.35. The number of rotatable bonds is 7. The van der Waals surface area contributed by atoms with Crippen molar-refractivity contribution < 1.29 is 0 Å². The molecule has 5 heteroatoms. The molecule has 2 rings (SSSR count). The second-order valence-corrected chi connectivity index (χ2v) is 7.45. The van der Waals surface area contributed by atoms with Crippen LogP contribution in [0.5, 0.6) is 0 Å². The maximum Gasteiger partial charge on any atom is 0.191 e. The van der Waals surface area contributed by atoms with Crippen LogP contribution in [0.2, 0.25) is 0 Å². The van der Waals surface area contributed by atoms with E-state index in [4.69, 9.17) is 0 Å². The third-order valence-corrected chi connectivity index (χ3v) is 5.15. The van der Waals surface area contributed by atoms with Gasteiger partial charge in [-0.25, -0.2) is 0 Å². The van der Waals surface area contributed by atoms with E-state index >= 15 is 0 Å². The smallest absolute Gasteiger partial charge is 0.191 e. The summed E-state index contributed by atoms with van der Waals surface area (Å²) in [7, 11) is 1.86. The molecule has 0 saturated carbocycles. The number of aliphatic imine (C=N–C) groups is 1. The summed E-state index contributed by atoms with van der Waals surface area (Å²) >= 11 is 1.91. The van der Waals surface area contributed by atoms with E-state index in [1.54, 1.807) is 0 Å². The zero-order valence-electron chi connectivity index (χ0n) is 15.3. The van der Waals surface area contributed by atoms with E-state index in [9.17, 15) is 0 Å². The highest BCUT2D eigenvalue weighted by Crippen LogP contribution is 2.20. The first-order chi connectivity index (χ1) is 11.7. The van der Waals surface area contributed by atoms with Crippen LogP contribution in [0.3, 0.4) is 0 Å². The van der Waals surface area contributed by atoms with E-state index in [0.717, 1.165) is 25.6 Å². The Balaban J connectivity index is 1.79. The van der Waals surface area contributed by atoms with Crippen LogP contribution in [-0.4, -0.2) is 50.7 Å². The second-order valence-electron chi connectivity index (χ2n) is 6.46. The fourth-order valence-corrected chi connectivity index (χ4v) is 3.54. The quantitative estimate of drug-likeness (QED) is 0.451. The molecule has 1 aromatic carbocycles. The molecule has 2 N–H and O–H groups in total. The number of aryl methyl sites for hydroxylation is 1. The molecule has 0 amide bonds. The largest absolute Gasteiger partial charge is 0.369 e. The van der Waals surface area contributed by atoms with Crippen molar-refractivity contribution in [2.24, 2.45) is 4.99 Å². The number of unbranched alkanes of at least 4 members (excludes halogenated alkanes) is 1. The van der Waals surface area contributed by atoms with Crippen LogP contribution in [0.4, 0.5) is 5.69 Å². The van der Waals surface area contributed by atoms with Gasteiger partial charge in [0.15, 0.2) is 5.96 Å². The molecule has 1 atom stereocenters. The minimum absolute atomic E-state index is 0.456. The van der Waals surface area contributed by atoms with Crippen LogP contribution in [0, 0.1) is 6.92 Å². The van der Waals surface area contributed by atoms with E-state index in [-0.39, 0.29) is 0 Å². The Bertz CT molecular complexity index is 501. The summed E-state index contributed by atoms with van der Waals surface area (Å²) < 4.78 is 0. The Morgan fingerprint density at radius 2 is 2.08 bits per heavy atom. The maximum atomic E-state index is 4.38. The number of piperidine rings is 1. The first kappa shape index (κ1) is 19.0. The molecule has 1 unspecified atom stereocenters. The summed E-state index contributed by atoms with van der Waals surface area (Å²) in [6.07, 6.45) is 7.04. The van der Waals surface area contributed by atoms with Gasteiger partial charge in [-0.3, -0.25) is 4.99 Å². The van der Waals surface area contributed by atoms with Gasteiger partial charge in [-0.2, -0.15) is 11.8 Å². The number of anilines is 1. The third-order valence-electron chi connectivity index (χ3n) is 4.45.